The summed E-state index contributed by atoms with van der Waals surface area (Å²) < 4.78 is 37.0. The molecule has 9 heteroatoms. The number of rotatable bonds is 1. The summed E-state index contributed by atoms with van der Waals surface area (Å²) >= 11 is 0. The number of nitrogens with one attached hydrogen (secondary N) is 1. The van der Waals surface area contributed by atoms with E-state index in [1.54, 1.807) is 0 Å². The highest BCUT2D eigenvalue weighted by Crippen LogP contribution is 2.30. The van der Waals surface area contributed by atoms with Crippen LogP contribution in [-0.2, 0) is 0 Å². The van der Waals surface area contributed by atoms with Gasteiger partial charge in [0.1, 0.15) is 0 Å². The number of amides is 1. The van der Waals surface area contributed by atoms with Gasteiger partial charge in [0.2, 0.25) is 0 Å². The van der Waals surface area contributed by atoms with Crippen LogP contribution in [0.4, 0.5) is 13.2 Å². The lowest BCUT2D eigenvalue weighted by atomic mass is 10.1. The predicted molar refractivity (Wildman–Crippen MR) is 48.8 cm³/mol. The molecule has 0 saturated heterocycles. The molecule has 0 radical (unpaired) electrons. The van der Waals surface area contributed by atoms with E-state index in [1.165, 1.54) is 4.90 Å². The normalized spacial score (nSPS) is 16.9. The zero-order valence-electron chi connectivity index (χ0n) is 8.53. The van der Waals surface area contributed by atoms with E-state index >= 15 is 0 Å². The summed E-state index contributed by atoms with van der Waals surface area (Å²) in [6, 6.07) is 0. The Labute approximate surface area is 93.5 Å². The molecule has 17 heavy (non-hydrogen) atoms. The van der Waals surface area contributed by atoms with Crippen LogP contribution in [0.15, 0.2) is 11.6 Å². The van der Waals surface area contributed by atoms with Crippen LogP contribution >= 0.6 is 0 Å². The monoisotopic (exact) mass is 247 g/mol. The average molecular weight is 247 g/mol. The van der Waals surface area contributed by atoms with Gasteiger partial charge in [-0.15, -0.1) is 10.2 Å². The molecular formula is C8H8F3N5O. The van der Waals surface area contributed by atoms with Crippen LogP contribution in [0.2, 0.25) is 0 Å². The number of halogens is 3. The molecule has 1 amide bonds. The summed E-state index contributed by atoms with van der Waals surface area (Å²) in [5.41, 5.74) is -0.602. The Hall–Kier alpha value is -1.93. The van der Waals surface area contributed by atoms with Gasteiger partial charge in [0, 0.05) is 18.7 Å². The first-order chi connectivity index (χ1) is 7.98. The molecule has 1 aromatic heterocycles. The Morgan fingerprint density at radius 1 is 1.47 bits per heavy atom. The largest absolute Gasteiger partial charge is 0.412 e. The first kappa shape index (κ1) is 11.6. The van der Waals surface area contributed by atoms with Gasteiger partial charge in [-0.3, -0.25) is 4.79 Å². The highest BCUT2D eigenvalue weighted by Gasteiger charge is 2.35. The molecule has 0 aromatic carbocycles. The number of carbonyl (C=O) groups is 1. The van der Waals surface area contributed by atoms with Gasteiger partial charge < -0.3 is 4.90 Å². The quantitative estimate of drug-likeness (QED) is 0.735. The minimum atomic E-state index is -4.32. The predicted octanol–water partition coefficient (Wildman–Crippen LogP) is 0.534. The Morgan fingerprint density at radius 2 is 2.24 bits per heavy atom. The van der Waals surface area contributed by atoms with Crippen molar-refractivity contribution in [3.63, 3.8) is 0 Å². The third-order valence-electron chi connectivity index (χ3n) is 2.40. The van der Waals surface area contributed by atoms with Crippen molar-refractivity contribution in [1.29, 1.82) is 0 Å². The molecule has 0 spiro atoms. The number of tetrazole rings is 1. The Morgan fingerprint density at radius 3 is 2.71 bits per heavy atom. The van der Waals surface area contributed by atoms with Gasteiger partial charge in [0.05, 0.1) is 0 Å². The van der Waals surface area contributed by atoms with Crippen molar-refractivity contribution in [1.82, 2.24) is 25.5 Å². The Bertz CT molecular complexity index is 439. The Balaban J connectivity index is 2.05. The molecule has 0 unspecified atom stereocenters. The molecule has 1 N–H and O–H groups in total. The number of aromatic amines is 1. The van der Waals surface area contributed by atoms with Crippen LogP contribution in [0, 0.1) is 0 Å². The van der Waals surface area contributed by atoms with Crippen molar-refractivity contribution < 1.29 is 18.0 Å². The maximum atomic E-state index is 12.3. The Kier molecular flexibility index (Phi) is 2.82. The van der Waals surface area contributed by atoms with E-state index in [-0.39, 0.29) is 25.3 Å². The van der Waals surface area contributed by atoms with Gasteiger partial charge in [-0.2, -0.15) is 18.4 Å². The maximum Gasteiger partial charge on any atom is 0.412 e. The highest BCUT2D eigenvalue weighted by atomic mass is 19.4. The van der Waals surface area contributed by atoms with Gasteiger partial charge in [-0.05, 0) is 11.6 Å². The topological polar surface area (TPSA) is 74.8 Å². The summed E-state index contributed by atoms with van der Waals surface area (Å²) in [7, 11) is 0. The lowest BCUT2D eigenvalue weighted by molar-refractivity contribution is -0.0957. The molecule has 0 atom stereocenters. The number of hydrogen-bond donors (Lipinski definition) is 1. The van der Waals surface area contributed by atoms with E-state index in [2.05, 4.69) is 20.6 Å². The first-order valence-electron chi connectivity index (χ1n) is 4.77. The zero-order valence-corrected chi connectivity index (χ0v) is 8.53. The van der Waals surface area contributed by atoms with Crippen molar-refractivity contribution in [2.24, 2.45) is 0 Å². The van der Waals surface area contributed by atoms with E-state index in [4.69, 9.17) is 0 Å². The average Bonchev–Trinajstić information content (AvgIpc) is 2.80. The third-order valence-corrected chi connectivity index (χ3v) is 2.40. The number of aromatic nitrogens is 4. The highest BCUT2D eigenvalue weighted by molar-refractivity contribution is 5.90. The van der Waals surface area contributed by atoms with Gasteiger partial charge >= 0.3 is 6.18 Å². The zero-order chi connectivity index (χ0) is 12.5. The third kappa shape index (κ3) is 2.43. The molecule has 2 heterocycles. The summed E-state index contributed by atoms with van der Waals surface area (Å²) in [6.07, 6.45) is -3.53. The van der Waals surface area contributed by atoms with Gasteiger partial charge in [0.25, 0.3) is 11.7 Å². The van der Waals surface area contributed by atoms with Crippen LogP contribution < -0.4 is 0 Å². The molecule has 1 aromatic rings. The van der Waals surface area contributed by atoms with Crippen LogP contribution in [0.25, 0.3) is 0 Å². The van der Waals surface area contributed by atoms with Crippen molar-refractivity contribution in [2.75, 3.05) is 13.1 Å². The van der Waals surface area contributed by atoms with Crippen LogP contribution in [0.1, 0.15) is 17.0 Å². The van der Waals surface area contributed by atoms with Crippen molar-refractivity contribution in [3.05, 3.63) is 17.5 Å². The fraction of sp³-hybridized carbons (Fsp3) is 0.500. The molecule has 0 saturated carbocycles. The molecule has 0 bridgehead atoms. The fourth-order valence-electron chi connectivity index (χ4n) is 1.50. The lowest BCUT2D eigenvalue weighted by Crippen LogP contribution is -2.37. The number of nitrogens with zero attached hydrogens (tertiary/aromatic N) is 4. The molecule has 2 rings (SSSR count). The van der Waals surface area contributed by atoms with Crippen molar-refractivity contribution in [3.8, 4) is 0 Å². The van der Waals surface area contributed by atoms with Crippen molar-refractivity contribution >= 4 is 5.91 Å². The van der Waals surface area contributed by atoms with E-state index in [9.17, 15) is 18.0 Å². The van der Waals surface area contributed by atoms with Gasteiger partial charge in [0.15, 0.2) is 0 Å². The van der Waals surface area contributed by atoms with Crippen LogP contribution in [-0.4, -0.2) is 50.7 Å². The standard InChI is InChI=1S/C8H8F3N5O/c9-8(10,11)5-1-3-16(4-2-5)7(17)6-12-14-15-13-6/h1H,2-4H2,(H,12,13,14,15). The minimum Gasteiger partial charge on any atom is -0.332 e. The van der Waals surface area contributed by atoms with Gasteiger partial charge in [-0.1, -0.05) is 6.08 Å². The molecular weight excluding hydrogens is 239 g/mol. The SMILES string of the molecule is O=C(c1nn[nH]n1)N1CC=C(C(F)(F)F)CC1. The number of alkyl halides is 3. The molecule has 92 valence electrons. The second-order valence-corrected chi connectivity index (χ2v) is 3.46. The van der Waals surface area contributed by atoms with E-state index in [1.807, 2.05) is 0 Å². The second kappa shape index (κ2) is 4.15. The molecule has 0 fully saturated rings. The van der Waals surface area contributed by atoms with E-state index in [0.717, 1.165) is 6.08 Å². The summed E-state index contributed by atoms with van der Waals surface area (Å²) in [5.74, 6) is -0.676. The molecule has 1 aliphatic rings. The van der Waals surface area contributed by atoms with E-state index < -0.39 is 17.7 Å². The molecule has 0 aliphatic carbocycles. The summed E-state index contributed by atoms with van der Waals surface area (Å²) in [4.78, 5) is 12.9. The van der Waals surface area contributed by atoms with E-state index in [0.29, 0.717) is 0 Å². The number of carbonyl (C=O) groups excluding carboxylic acids is 1. The minimum absolute atomic E-state index is 0.00127. The smallest absolute Gasteiger partial charge is 0.332 e. The number of hydrogen-bond acceptors (Lipinski definition) is 4. The fourth-order valence-corrected chi connectivity index (χ4v) is 1.50. The molecule has 1 aliphatic heterocycles. The van der Waals surface area contributed by atoms with Crippen LogP contribution in [0.3, 0.4) is 0 Å². The summed E-state index contributed by atoms with van der Waals surface area (Å²) in [5, 5.41) is 12.3. The first-order valence-corrected chi connectivity index (χ1v) is 4.77. The lowest BCUT2D eigenvalue weighted by Gasteiger charge is -2.26. The molecule has 6 nitrogen and oxygen atoms in total. The second-order valence-electron chi connectivity index (χ2n) is 3.46. The van der Waals surface area contributed by atoms with Gasteiger partial charge in [-0.25, -0.2) is 0 Å². The van der Waals surface area contributed by atoms with Crippen LogP contribution in [0.5, 0.6) is 0 Å². The summed E-state index contributed by atoms with van der Waals surface area (Å²) in [6.45, 7) is -0.0963. The maximum absolute atomic E-state index is 12.3. The van der Waals surface area contributed by atoms with Crippen molar-refractivity contribution in [2.45, 2.75) is 12.6 Å². The number of H-pyrrole nitrogens is 1.